The van der Waals surface area contributed by atoms with E-state index in [9.17, 15) is 0 Å². The van der Waals surface area contributed by atoms with Crippen LogP contribution in [0.2, 0.25) is 0 Å². The molecule has 1 aliphatic carbocycles. The summed E-state index contributed by atoms with van der Waals surface area (Å²) >= 11 is 1.87. The van der Waals surface area contributed by atoms with Crippen molar-refractivity contribution in [3.05, 3.63) is 0 Å². The second-order valence-corrected chi connectivity index (χ2v) is 7.34. The van der Waals surface area contributed by atoms with Gasteiger partial charge in [-0.25, -0.2) is 0 Å². The zero-order valence-electron chi connectivity index (χ0n) is 12.3. The summed E-state index contributed by atoms with van der Waals surface area (Å²) in [4.78, 5) is 4.52. The highest BCUT2D eigenvalue weighted by molar-refractivity contribution is 7.99. The summed E-state index contributed by atoms with van der Waals surface area (Å²) in [6, 6.07) is 0.546. The summed E-state index contributed by atoms with van der Waals surface area (Å²) in [6.07, 6.45) is 8.63. The molecule has 0 heterocycles. The van der Waals surface area contributed by atoms with Gasteiger partial charge in [0.2, 0.25) is 0 Å². The lowest BCUT2D eigenvalue weighted by atomic mass is 9.92. The fraction of sp³-hybridized carbons (Fsp3) is 0.929. The zero-order valence-corrected chi connectivity index (χ0v) is 13.1. The molecule has 1 aliphatic rings. The Kier molecular flexibility index (Phi) is 6.33. The molecule has 0 aromatic carbocycles. The zero-order chi connectivity index (χ0) is 13.6. The fourth-order valence-electron chi connectivity index (χ4n) is 2.38. The van der Waals surface area contributed by atoms with Crippen molar-refractivity contribution < 1.29 is 0 Å². The highest BCUT2D eigenvalue weighted by atomic mass is 32.2. The molecule has 106 valence electrons. The van der Waals surface area contributed by atoms with Crippen molar-refractivity contribution in [3.63, 3.8) is 0 Å². The number of nitrogens with zero attached hydrogens (tertiary/aromatic N) is 1. The third-order valence-electron chi connectivity index (χ3n) is 3.64. The van der Waals surface area contributed by atoms with Gasteiger partial charge in [0.05, 0.1) is 6.54 Å². The van der Waals surface area contributed by atoms with Gasteiger partial charge in [-0.2, -0.15) is 11.8 Å². The molecule has 1 atom stereocenters. The molecule has 0 amide bonds. The average Bonchev–Trinajstić information content (AvgIpc) is 2.29. The molecule has 0 aromatic heterocycles. The number of thioether (sulfide) groups is 1. The van der Waals surface area contributed by atoms with Crippen molar-refractivity contribution >= 4 is 17.7 Å². The molecule has 0 saturated heterocycles. The van der Waals surface area contributed by atoms with Crippen molar-refractivity contribution in [3.8, 4) is 0 Å². The second kappa shape index (κ2) is 7.27. The van der Waals surface area contributed by atoms with Crippen LogP contribution in [0.15, 0.2) is 4.99 Å². The van der Waals surface area contributed by atoms with Crippen LogP contribution in [0, 0.1) is 5.41 Å². The van der Waals surface area contributed by atoms with E-state index in [1.807, 2.05) is 11.8 Å². The highest BCUT2D eigenvalue weighted by Gasteiger charge is 2.23. The molecule has 1 fully saturated rings. The number of rotatable bonds is 4. The van der Waals surface area contributed by atoms with E-state index < -0.39 is 0 Å². The molecule has 0 aliphatic heterocycles. The van der Waals surface area contributed by atoms with Crippen molar-refractivity contribution in [1.29, 1.82) is 0 Å². The van der Waals surface area contributed by atoms with Crippen LogP contribution in [-0.2, 0) is 0 Å². The number of nitrogens with one attached hydrogen (secondary N) is 1. The quantitative estimate of drug-likeness (QED) is 0.610. The third kappa shape index (κ3) is 5.51. The Labute approximate surface area is 116 Å². The minimum Gasteiger partial charge on any atom is -0.370 e. The lowest BCUT2D eigenvalue weighted by molar-refractivity contribution is 0.396. The van der Waals surface area contributed by atoms with E-state index in [1.165, 1.54) is 32.1 Å². The molecule has 0 radical (unpaired) electrons. The van der Waals surface area contributed by atoms with Crippen LogP contribution >= 0.6 is 11.8 Å². The van der Waals surface area contributed by atoms with Gasteiger partial charge in [-0.1, -0.05) is 40.0 Å². The highest BCUT2D eigenvalue weighted by Crippen LogP contribution is 2.28. The molecular weight excluding hydrogens is 242 g/mol. The average molecular weight is 271 g/mol. The Bertz CT molecular complexity index is 265. The summed E-state index contributed by atoms with van der Waals surface area (Å²) in [5, 5.41) is 3.89. The van der Waals surface area contributed by atoms with E-state index in [-0.39, 0.29) is 5.41 Å². The van der Waals surface area contributed by atoms with Crippen LogP contribution in [0.3, 0.4) is 0 Å². The lowest BCUT2D eigenvalue weighted by Gasteiger charge is -2.28. The van der Waals surface area contributed by atoms with Crippen molar-refractivity contribution in [2.45, 2.75) is 64.2 Å². The lowest BCUT2D eigenvalue weighted by Crippen LogP contribution is -2.41. The van der Waals surface area contributed by atoms with Gasteiger partial charge in [0.25, 0.3) is 0 Å². The molecule has 3 N–H and O–H groups in total. The standard InChI is InChI=1S/C14H29N3S/c1-14(2,3)12(18-4)10-16-13(15)17-11-8-6-5-7-9-11/h11-12H,5-10H2,1-4H3,(H3,15,16,17). The molecule has 0 spiro atoms. The summed E-state index contributed by atoms with van der Waals surface area (Å²) in [5.41, 5.74) is 6.25. The molecule has 4 heteroatoms. The van der Waals surface area contributed by atoms with E-state index >= 15 is 0 Å². The molecule has 3 nitrogen and oxygen atoms in total. The SMILES string of the molecule is CSC(CN=C(N)NC1CCCCC1)C(C)(C)C. The van der Waals surface area contributed by atoms with Crippen LogP contribution in [0.25, 0.3) is 0 Å². The molecule has 1 rings (SSSR count). The Morgan fingerprint density at radius 2 is 1.94 bits per heavy atom. The topological polar surface area (TPSA) is 50.4 Å². The molecular formula is C14H29N3S. The number of hydrogen-bond donors (Lipinski definition) is 2. The van der Waals surface area contributed by atoms with Gasteiger partial charge in [0, 0.05) is 11.3 Å². The first-order chi connectivity index (χ1) is 8.43. The van der Waals surface area contributed by atoms with Gasteiger partial charge in [-0.3, -0.25) is 4.99 Å². The first-order valence-electron chi connectivity index (χ1n) is 7.02. The van der Waals surface area contributed by atoms with Crippen LogP contribution in [0.4, 0.5) is 0 Å². The van der Waals surface area contributed by atoms with Gasteiger partial charge >= 0.3 is 0 Å². The summed E-state index contributed by atoms with van der Waals surface area (Å²) in [6.45, 7) is 7.58. The molecule has 1 saturated carbocycles. The van der Waals surface area contributed by atoms with Gasteiger partial charge in [0.1, 0.15) is 0 Å². The minimum absolute atomic E-state index is 0.272. The number of hydrogen-bond acceptors (Lipinski definition) is 2. The van der Waals surface area contributed by atoms with E-state index in [4.69, 9.17) is 5.73 Å². The third-order valence-corrected chi connectivity index (χ3v) is 5.06. The molecule has 0 aromatic rings. The maximum Gasteiger partial charge on any atom is 0.188 e. The van der Waals surface area contributed by atoms with Gasteiger partial charge in [-0.05, 0) is 24.5 Å². The predicted octanol–water partition coefficient (Wildman–Crippen LogP) is 3.00. The predicted molar refractivity (Wildman–Crippen MR) is 83.3 cm³/mol. The van der Waals surface area contributed by atoms with Gasteiger partial charge < -0.3 is 11.1 Å². The Balaban J connectivity index is 2.40. The maximum atomic E-state index is 5.98. The number of guanidine groups is 1. The number of nitrogens with two attached hydrogens (primary N) is 1. The normalized spacial score (nSPS) is 20.8. The molecule has 18 heavy (non-hydrogen) atoms. The van der Waals surface area contributed by atoms with Crippen molar-refractivity contribution in [2.75, 3.05) is 12.8 Å². The van der Waals surface area contributed by atoms with E-state index in [1.54, 1.807) is 0 Å². The Morgan fingerprint density at radius 3 is 2.44 bits per heavy atom. The van der Waals surface area contributed by atoms with E-state index in [2.05, 4.69) is 37.3 Å². The minimum atomic E-state index is 0.272. The maximum absolute atomic E-state index is 5.98. The monoisotopic (exact) mass is 271 g/mol. The summed E-state index contributed by atoms with van der Waals surface area (Å²) in [7, 11) is 0. The van der Waals surface area contributed by atoms with Gasteiger partial charge in [-0.15, -0.1) is 0 Å². The first-order valence-corrected chi connectivity index (χ1v) is 8.31. The first kappa shape index (κ1) is 15.7. The van der Waals surface area contributed by atoms with Crippen LogP contribution in [0.5, 0.6) is 0 Å². The smallest absolute Gasteiger partial charge is 0.188 e. The van der Waals surface area contributed by atoms with E-state index in [0.29, 0.717) is 17.3 Å². The number of aliphatic imine (C=N–C) groups is 1. The summed E-state index contributed by atoms with van der Waals surface area (Å²) in [5.74, 6) is 0.630. The Morgan fingerprint density at radius 1 is 1.33 bits per heavy atom. The molecule has 0 bridgehead atoms. The van der Waals surface area contributed by atoms with Gasteiger partial charge in [0.15, 0.2) is 5.96 Å². The van der Waals surface area contributed by atoms with E-state index in [0.717, 1.165) is 6.54 Å². The largest absolute Gasteiger partial charge is 0.370 e. The van der Waals surface area contributed by atoms with Crippen molar-refractivity contribution in [1.82, 2.24) is 5.32 Å². The molecule has 1 unspecified atom stereocenters. The van der Waals surface area contributed by atoms with Crippen LogP contribution < -0.4 is 11.1 Å². The van der Waals surface area contributed by atoms with Crippen LogP contribution in [0.1, 0.15) is 52.9 Å². The van der Waals surface area contributed by atoms with Crippen LogP contribution in [-0.4, -0.2) is 30.1 Å². The summed E-state index contributed by atoms with van der Waals surface area (Å²) < 4.78 is 0. The Hall–Kier alpha value is -0.380. The van der Waals surface area contributed by atoms with Crippen molar-refractivity contribution in [2.24, 2.45) is 16.1 Å². The second-order valence-electron chi connectivity index (χ2n) is 6.30. The fourth-order valence-corrected chi connectivity index (χ4v) is 3.32.